The van der Waals surface area contributed by atoms with Gasteiger partial charge in [-0.1, -0.05) is 42.8 Å². The van der Waals surface area contributed by atoms with Crippen molar-refractivity contribution in [1.82, 2.24) is 19.9 Å². The number of pyridine rings is 1. The van der Waals surface area contributed by atoms with Crippen LogP contribution in [-0.2, 0) is 6.54 Å². The lowest BCUT2D eigenvalue weighted by Crippen LogP contribution is -2.24. The molecule has 7 nitrogen and oxygen atoms in total. The summed E-state index contributed by atoms with van der Waals surface area (Å²) in [5, 5.41) is 15.7. The fourth-order valence-corrected chi connectivity index (χ4v) is 3.60. The number of hydrogen-bond acceptors (Lipinski definition) is 5. The zero-order valence-corrected chi connectivity index (χ0v) is 18.6. The van der Waals surface area contributed by atoms with Crippen LogP contribution in [0.4, 0.5) is 5.82 Å². The van der Waals surface area contributed by atoms with Gasteiger partial charge in [-0.2, -0.15) is 0 Å². The Morgan fingerprint density at radius 2 is 2.16 bits per heavy atom. The van der Waals surface area contributed by atoms with Crippen molar-refractivity contribution in [2.75, 3.05) is 25.5 Å². The van der Waals surface area contributed by atoms with Crippen molar-refractivity contribution < 1.29 is 9.90 Å². The van der Waals surface area contributed by atoms with E-state index >= 15 is 0 Å². The number of carbonyl (C=O) groups is 1. The maximum absolute atomic E-state index is 12.9. The number of amides is 1. The predicted octanol–water partition coefficient (Wildman–Crippen LogP) is 3.81. The van der Waals surface area contributed by atoms with Gasteiger partial charge in [0.2, 0.25) is 0 Å². The van der Waals surface area contributed by atoms with Crippen LogP contribution in [0, 0.1) is 0 Å². The van der Waals surface area contributed by atoms with Gasteiger partial charge in [0.15, 0.2) is 11.5 Å². The second kappa shape index (κ2) is 10.9. The molecule has 1 aliphatic rings. The van der Waals surface area contributed by atoms with E-state index < -0.39 is 0 Å². The van der Waals surface area contributed by atoms with Gasteiger partial charge in [-0.3, -0.25) is 9.78 Å². The smallest absolute Gasteiger partial charge is 0.271 e. The van der Waals surface area contributed by atoms with E-state index in [0.717, 1.165) is 23.5 Å². The van der Waals surface area contributed by atoms with E-state index in [1.807, 2.05) is 22.8 Å². The minimum absolute atomic E-state index is 0.0608. The van der Waals surface area contributed by atoms with Crippen LogP contribution >= 0.6 is 11.6 Å². The average Bonchev–Trinajstić information content (AvgIpc) is 2.96. The number of hydrogen-bond donors (Lipinski definition) is 3. The lowest BCUT2D eigenvalue weighted by atomic mass is 10.0. The first-order chi connectivity index (χ1) is 15.1. The van der Waals surface area contributed by atoms with Gasteiger partial charge in [-0.05, 0) is 37.0 Å². The molecule has 0 aromatic carbocycles. The second-order valence-corrected chi connectivity index (χ2v) is 7.55. The minimum atomic E-state index is -0.238. The number of anilines is 1. The van der Waals surface area contributed by atoms with E-state index in [4.69, 9.17) is 21.7 Å². The average molecular weight is 442 g/mol. The van der Waals surface area contributed by atoms with Crippen molar-refractivity contribution in [2.24, 2.45) is 0 Å². The van der Waals surface area contributed by atoms with E-state index in [0.29, 0.717) is 42.5 Å². The number of aliphatic hydroxyl groups is 1. The fraction of sp³-hybridized carbons (Fsp3) is 0.348. The van der Waals surface area contributed by atoms with Crippen molar-refractivity contribution in [3.63, 3.8) is 0 Å². The molecule has 164 valence electrons. The van der Waals surface area contributed by atoms with Crippen molar-refractivity contribution >= 4 is 28.9 Å². The quantitative estimate of drug-likeness (QED) is 0.514. The number of rotatable bonds is 9. The number of nitrogens with one attached hydrogen (secondary N) is 2. The largest absolute Gasteiger partial charge is 0.396 e. The van der Waals surface area contributed by atoms with Gasteiger partial charge in [-0.25, -0.2) is 4.98 Å². The van der Waals surface area contributed by atoms with Crippen LogP contribution in [0.25, 0.3) is 5.57 Å². The Morgan fingerprint density at radius 3 is 2.84 bits per heavy atom. The molecule has 2 heterocycles. The maximum atomic E-state index is 12.9. The summed E-state index contributed by atoms with van der Waals surface area (Å²) in [7, 11) is 1.60. The van der Waals surface area contributed by atoms with E-state index in [1.165, 1.54) is 5.57 Å². The molecule has 0 saturated heterocycles. The number of imidazole rings is 1. The summed E-state index contributed by atoms with van der Waals surface area (Å²) >= 11 is 6.00. The Hall–Kier alpha value is -2.90. The van der Waals surface area contributed by atoms with Gasteiger partial charge in [-0.15, -0.1) is 0 Å². The normalized spacial score (nSPS) is 13.4. The topological polar surface area (TPSA) is 92.1 Å². The van der Waals surface area contributed by atoms with Crippen LogP contribution in [0.2, 0.25) is 5.02 Å². The summed E-state index contributed by atoms with van der Waals surface area (Å²) in [5.41, 5.74) is 3.45. The molecule has 1 amide bonds. The zero-order chi connectivity index (χ0) is 22.2. The highest BCUT2D eigenvalue weighted by Gasteiger charge is 2.25. The molecule has 2 aromatic heterocycles. The predicted molar refractivity (Wildman–Crippen MR) is 124 cm³/mol. The van der Waals surface area contributed by atoms with Crippen LogP contribution in [-0.4, -0.2) is 45.7 Å². The molecule has 0 aliphatic heterocycles. The van der Waals surface area contributed by atoms with E-state index in [9.17, 15) is 4.79 Å². The summed E-state index contributed by atoms with van der Waals surface area (Å²) in [6.07, 6.45) is 12.0. The first kappa shape index (κ1) is 22.8. The summed E-state index contributed by atoms with van der Waals surface area (Å²) < 4.78 is 1.91. The van der Waals surface area contributed by atoms with Crippen molar-refractivity contribution in [2.45, 2.75) is 32.7 Å². The van der Waals surface area contributed by atoms with Gasteiger partial charge >= 0.3 is 0 Å². The zero-order valence-electron chi connectivity index (χ0n) is 17.9. The Kier molecular flexibility index (Phi) is 8.03. The Morgan fingerprint density at radius 1 is 1.32 bits per heavy atom. The van der Waals surface area contributed by atoms with Crippen LogP contribution in [0.1, 0.15) is 48.2 Å². The number of aliphatic hydroxyl groups excluding tert-OH is 1. The Balaban J connectivity index is 2.18. The summed E-state index contributed by atoms with van der Waals surface area (Å²) in [6, 6.07) is 3.63. The minimum Gasteiger partial charge on any atom is -0.396 e. The van der Waals surface area contributed by atoms with Crippen LogP contribution in [0.5, 0.6) is 0 Å². The molecule has 0 fully saturated rings. The number of allylic oxidation sites excluding steroid dienone is 6. The van der Waals surface area contributed by atoms with E-state index in [1.54, 1.807) is 19.3 Å². The highest BCUT2D eigenvalue weighted by Crippen LogP contribution is 2.31. The molecule has 8 heteroatoms. The Bertz CT molecular complexity index is 1010. The molecule has 0 saturated carbocycles. The van der Waals surface area contributed by atoms with Gasteiger partial charge in [0.1, 0.15) is 5.82 Å². The van der Waals surface area contributed by atoms with Crippen LogP contribution in [0.3, 0.4) is 0 Å². The highest BCUT2D eigenvalue weighted by molar-refractivity contribution is 6.30. The maximum Gasteiger partial charge on any atom is 0.271 e. The van der Waals surface area contributed by atoms with Gasteiger partial charge < -0.3 is 20.3 Å². The molecule has 0 spiro atoms. The highest BCUT2D eigenvalue weighted by atomic mass is 35.5. The van der Waals surface area contributed by atoms with Crippen LogP contribution in [0.15, 0.2) is 48.2 Å². The number of halogens is 1. The second-order valence-electron chi connectivity index (χ2n) is 7.12. The van der Waals surface area contributed by atoms with Crippen LogP contribution < -0.4 is 10.6 Å². The third-order valence-corrected chi connectivity index (χ3v) is 5.27. The first-order valence-electron chi connectivity index (χ1n) is 10.4. The molecule has 3 N–H and O–H groups in total. The number of nitrogens with zero attached hydrogens (tertiary/aromatic N) is 3. The molecular formula is C23H28ClN5O2. The Labute approximate surface area is 187 Å². The molecule has 0 unspecified atom stereocenters. The lowest BCUT2D eigenvalue weighted by Gasteiger charge is -2.15. The van der Waals surface area contributed by atoms with Gasteiger partial charge in [0, 0.05) is 32.0 Å². The van der Waals surface area contributed by atoms with Crippen molar-refractivity contribution in [3.05, 3.63) is 70.4 Å². The van der Waals surface area contributed by atoms with Crippen molar-refractivity contribution in [3.8, 4) is 0 Å². The number of carbonyl (C=O) groups excluding carboxylic acids is 1. The number of aromatic nitrogens is 3. The van der Waals surface area contributed by atoms with E-state index in [2.05, 4.69) is 34.7 Å². The SMILES string of the molecule is CCC1=C(c2nc(NCCCO)c(C(=O)NC)n2Cc2ccc(Cl)cn2)CC=CC=C1. The lowest BCUT2D eigenvalue weighted by molar-refractivity contribution is 0.0955. The third-order valence-electron chi connectivity index (χ3n) is 5.05. The molecule has 0 atom stereocenters. The first-order valence-corrected chi connectivity index (χ1v) is 10.8. The molecule has 31 heavy (non-hydrogen) atoms. The van der Waals surface area contributed by atoms with Crippen molar-refractivity contribution in [1.29, 1.82) is 0 Å². The van der Waals surface area contributed by atoms with E-state index in [-0.39, 0.29) is 12.5 Å². The summed E-state index contributed by atoms with van der Waals surface area (Å²) in [6.45, 7) is 3.05. The summed E-state index contributed by atoms with van der Waals surface area (Å²) in [5.74, 6) is 0.990. The summed E-state index contributed by atoms with van der Waals surface area (Å²) in [4.78, 5) is 22.2. The molecule has 1 aliphatic carbocycles. The monoisotopic (exact) mass is 441 g/mol. The molecule has 2 aromatic rings. The molecule has 0 radical (unpaired) electrons. The molecule has 0 bridgehead atoms. The molecule has 3 rings (SSSR count). The molecular weight excluding hydrogens is 414 g/mol. The fourth-order valence-electron chi connectivity index (χ4n) is 3.49. The standard InChI is InChI=1S/C23H28ClN5O2/c1-3-16-8-5-4-6-9-19(16)22-28-21(26-12-7-13-30)20(23(31)25-2)29(22)15-18-11-10-17(24)14-27-18/h4-6,8,10-11,14,26,30H,3,7,9,12-13,15H2,1-2H3,(H,25,31). The van der Waals surface area contributed by atoms with Gasteiger partial charge in [0.05, 0.1) is 17.3 Å². The third kappa shape index (κ3) is 5.42. The van der Waals surface area contributed by atoms with Gasteiger partial charge in [0.25, 0.3) is 5.91 Å².